The predicted octanol–water partition coefficient (Wildman–Crippen LogP) is 3.63. The standard InChI is InChI=1S/C18H18N4O3S/c1-25-11-12-9-17(15-7-2-3-8-16(15)18(12)19)22-21-13-5-4-6-14(10-13)26(20,23)24/h2-10H,11,19H2,1H3,(H2,20,23,24). The van der Waals surface area contributed by atoms with Crippen LogP contribution in [0.5, 0.6) is 0 Å². The molecule has 0 bridgehead atoms. The molecule has 0 heterocycles. The van der Waals surface area contributed by atoms with Crippen molar-refractivity contribution in [3.8, 4) is 0 Å². The quantitative estimate of drug-likeness (QED) is 0.526. The van der Waals surface area contributed by atoms with E-state index in [-0.39, 0.29) is 4.90 Å². The third kappa shape index (κ3) is 3.72. The van der Waals surface area contributed by atoms with E-state index in [1.165, 1.54) is 12.1 Å². The number of fused-ring (bicyclic) bond motifs is 1. The van der Waals surface area contributed by atoms with Gasteiger partial charge in [-0.25, -0.2) is 13.6 Å². The maximum absolute atomic E-state index is 11.5. The summed E-state index contributed by atoms with van der Waals surface area (Å²) in [5.41, 5.74) is 8.65. The molecule has 0 atom stereocenters. The SMILES string of the molecule is COCc1cc(N=Nc2cccc(S(N)(=O)=O)c2)c2ccccc2c1N. The van der Waals surface area contributed by atoms with Gasteiger partial charge in [0.2, 0.25) is 10.0 Å². The molecular formula is C18H18N4O3S. The summed E-state index contributed by atoms with van der Waals surface area (Å²) in [6, 6.07) is 15.4. The van der Waals surface area contributed by atoms with E-state index < -0.39 is 10.0 Å². The van der Waals surface area contributed by atoms with E-state index in [1.807, 2.05) is 30.3 Å². The third-order valence-corrected chi connectivity index (χ3v) is 4.78. The number of azo groups is 1. The molecule has 26 heavy (non-hydrogen) atoms. The summed E-state index contributed by atoms with van der Waals surface area (Å²) >= 11 is 0. The first-order valence-corrected chi connectivity index (χ1v) is 9.28. The van der Waals surface area contributed by atoms with Crippen molar-refractivity contribution in [2.45, 2.75) is 11.5 Å². The molecule has 3 aromatic carbocycles. The number of hydrogen-bond donors (Lipinski definition) is 2. The van der Waals surface area contributed by atoms with Crippen LogP contribution in [-0.4, -0.2) is 15.5 Å². The number of methoxy groups -OCH3 is 1. The summed E-state index contributed by atoms with van der Waals surface area (Å²) in [7, 11) is -2.21. The van der Waals surface area contributed by atoms with Gasteiger partial charge < -0.3 is 10.5 Å². The molecule has 7 nitrogen and oxygen atoms in total. The molecular weight excluding hydrogens is 352 g/mol. The van der Waals surface area contributed by atoms with Crippen LogP contribution in [0.3, 0.4) is 0 Å². The third-order valence-electron chi connectivity index (χ3n) is 3.87. The zero-order valence-electron chi connectivity index (χ0n) is 14.1. The Labute approximate surface area is 151 Å². The molecule has 0 unspecified atom stereocenters. The fourth-order valence-electron chi connectivity index (χ4n) is 2.63. The van der Waals surface area contributed by atoms with Gasteiger partial charge in [-0.15, -0.1) is 5.11 Å². The highest BCUT2D eigenvalue weighted by Gasteiger charge is 2.10. The number of nitrogens with zero attached hydrogens (tertiary/aromatic N) is 2. The molecule has 0 spiro atoms. The van der Waals surface area contributed by atoms with Crippen molar-refractivity contribution < 1.29 is 13.2 Å². The van der Waals surface area contributed by atoms with Crippen LogP contribution in [0.15, 0.2) is 69.7 Å². The van der Waals surface area contributed by atoms with Crippen LogP contribution >= 0.6 is 0 Å². The van der Waals surface area contributed by atoms with Crippen LogP contribution in [0.1, 0.15) is 5.56 Å². The smallest absolute Gasteiger partial charge is 0.238 e. The lowest BCUT2D eigenvalue weighted by Crippen LogP contribution is -2.11. The molecule has 3 aromatic rings. The highest BCUT2D eigenvalue weighted by Crippen LogP contribution is 2.35. The van der Waals surface area contributed by atoms with E-state index in [0.29, 0.717) is 23.7 Å². The summed E-state index contributed by atoms with van der Waals surface area (Å²) < 4.78 is 28.1. The number of hydrogen-bond acceptors (Lipinski definition) is 6. The van der Waals surface area contributed by atoms with Gasteiger partial charge in [-0.05, 0) is 24.3 Å². The molecule has 0 fully saturated rings. The van der Waals surface area contributed by atoms with Gasteiger partial charge in [-0.2, -0.15) is 5.11 Å². The van der Waals surface area contributed by atoms with Crippen LogP contribution in [-0.2, 0) is 21.4 Å². The second-order valence-electron chi connectivity index (χ2n) is 5.69. The summed E-state index contributed by atoms with van der Waals surface area (Å²) in [4.78, 5) is -0.0174. The fourth-order valence-corrected chi connectivity index (χ4v) is 3.18. The predicted molar refractivity (Wildman–Crippen MR) is 101 cm³/mol. The first-order valence-electron chi connectivity index (χ1n) is 7.74. The van der Waals surface area contributed by atoms with E-state index in [2.05, 4.69) is 10.2 Å². The number of benzene rings is 3. The zero-order chi connectivity index (χ0) is 18.7. The van der Waals surface area contributed by atoms with Crippen molar-refractivity contribution in [3.63, 3.8) is 0 Å². The normalized spacial score (nSPS) is 12.1. The maximum atomic E-state index is 11.5. The second-order valence-corrected chi connectivity index (χ2v) is 7.25. The Morgan fingerprint density at radius 1 is 1.00 bits per heavy atom. The molecule has 4 N–H and O–H groups in total. The van der Waals surface area contributed by atoms with E-state index in [0.717, 1.165) is 16.3 Å². The average molecular weight is 370 g/mol. The Hall–Kier alpha value is -2.81. The van der Waals surface area contributed by atoms with Crippen LogP contribution < -0.4 is 10.9 Å². The zero-order valence-corrected chi connectivity index (χ0v) is 14.9. The first-order chi connectivity index (χ1) is 12.4. The Bertz CT molecular complexity index is 1090. The molecule has 0 radical (unpaired) electrons. The number of sulfonamides is 1. The van der Waals surface area contributed by atoms with Gasteiger partial charge in [0.25, 0.3) is 0 Å². The van der Waals surface area contributed by atoms with E-state index in [9.17, 15) is 8.42 Å². The van der Waals surface area contributed by atoms with Gasteiger partial charge in [0.15, 0.2) is 0 Å². The summed E-state index contributed by atoms with van der Waals surface area (Å²) in [6.45, 7) is 0.347. The summed E-state index contributed by atoms with van der Waals surface area (Å²) in [5, 5.41) is 15.3. The van der Waals surface area contributed by atoms with Crippen molar-refractivity contribution in [1.82, 2.24) is 0 Å². The molecule has 0 amide bonds. The monoisotopic (exact) mass is 370 g/mol. The Morgan fingerprint density at radius 2 is 1.73 bits per heavy atom. The minimum Gasteiger partial charge on any atom is -0.398 e. The van der Waals surface area contributed by atoms with Crippen LogP contribution in [0.25, 0.3) is 10.8 Å². The molecule has 0 aliphatic heterocycles. The average Bonchev–Trinajstić information content (AvgIpc) is 2.63. The lowest BCUT2D eigenvalue weighted by atomic mass is 10.0. The second kappa shape index (κ2) is 7.20. The van der Waals surface area contributed by atoms with Gasteiger partial charge in [0.1, 0.15) is 0 Å². The highest BCUT2D eigenvalue weighted by atomic mass is 32.2. The van der Waals surface area contributed by atoms with Crippen LogP contribution in [0.2, 0.25) is 0 Å². The van der Waals surface area contributed by atoms with Gasteiger partial charge in [-0.1, -0.05) is 30.3 Å². The van der Waals surface area contributed by atoms with Crippen molar-refractivity contribution in [3.05, 3.63) is 60.2 Å². The van der Waals surface area contributed by atoms with E-state index in [1.54, 1.807) is 19.2 Å². The van der Waals surface area contributed by atoms with E-state index in [4.69, 9.17) is 15.6 Å². The summed E-state index contributed by atoms with van der Waals surface area (Å²) in [6.07, 6.45) is 0. The number of anilines is 1. The van der Waals surface area contributed by atoms with Crippen molar-refractivity contribution in [1.29, 1.82) is 0 Å². The fraction of sp³-hybridized carbons (Fsp3) is 0.111. The number of rotatable bonds is 5. The van der Waals surface area contributed by atoms with Crippen LogP contribution in [0, 0.1) is 0 Å². The minimum atomic E-state index is -3.80. The molecule has 3 rings (SSSR count). The topological polar surface area (TPSA) is 120 Å². The largest absolute Gasteiger partial charge is 0.398 e. The van der Waals surface area contributed by atoms with Gasteiger partial charge in [0, 0.05) is 29.1 Å². The van der Waals surface area contributed by atoms with Gasteiger partial charge in [0.05, 0.1) is 22.9 Å². The molecule has 8 heteroatoms. The molecule has 0 aliphatic carbocycles. The number of nitrogen functional groups attached to an aromatic ring is 1. The lowest BCUT2D eigenvalue weighted by Gasteiger charge is -2.10. The number of primary sulfonamides is 1. The maximum Gasteiger partial charge on any atom is 0.238 e. The molecule has 134 valence electrons. The Kier molecular flexibility index (Phi) is 4.99. The van der Waals surface area contributed by atoms with Gasteiger partial charge >= 0.3 is 0 Å². The number of nitrogens with two attached hydrogens (primary N) is 2. The molecule has 0 aliphatic rings. The molecule has 0 aromatic heterocycles. The first kappa shape index (κ1) is 18.0. The van der Waals surface area contributed by atoms with Crippen molar-refractivity contribution in [2.75, 3.05) is 12.8 Å². The van der Waals surface area contributed by atoms with E-state index >= 15 is 0 Å². The molecule has 0 saturated heterocycles. The lowest BCUT2D eigenvalue weighted by molar-refractivity contribution is 0.185. The van der Waals surface area contributed by atoms with Crippen molar-refractivity contribution in [2.24, 2.45) is 15.4 Å². The Morgan fingerprint density at radius 3 is 2.42 bits per heavy atom. The van der Waals surface area contributed by atoms with Gasteiger partial charge in [-0.3, -0.25) is 0 Å². The highest BCUT2D eigenvalue weighted by molar-refractivity contribution is 7.89. The number of ether oxygens (including phenoxy) is 1. The minimum absolute atomic E-state index is 0.0174. The summed E-state index contributed by atoms with van der Waals surface area (Å²) in [5.74, 6) is 0. The Balaban J connectivity index is 2.09. The van der Waals surface area contributed by atoms with Crippen LogP contribution in [0.4, 0.5) is 17.1 Å². The molecule has 0 saturated carbocycles. The van der Waals surface area contributed by atoms with Crippen molar-refractivity contribution >= 4 is 37.9 Å².